The molecule has 0 aliphatic carbocycles. The standard InChI is InChI=1S/C24H30FN5O/c1-26-24(27-9-8-20-16-28-23-7-6-21(25)14-22(20)23)29-15-18-2-4-19(5-3-18)17-30-10-12-31-13-11-30/h2-7,14,16,28H,8-13,15,17H2,1H3,(H2,26,27,29). The predicted octanol–water partition coefficient (Wildman–Crippen LogP) is 3.05. The molecule has 31 heavy (non-hydrogen) atoms. The third-order valence-corrected chi connectivity index (χ3v) is 5.63. The van der Waals surface area contributed by atoms with E-state index < -0.39 is 0 Å². The van der Waals surface area contributed by atoms with E-state index in [9.17, 15) is 4.39 Å². The Morgan fingerprint density at radius 1 is 1.10 bits per heavy atom. The highest BCUT2D eigenvalue weighted by Gasteiger charge is 2.10. The lowest BCUT2D eigenvalue weighted by Gasteiger charge is -2.26. The Morgan fingerprint density at radius 3 is 2.65 bits per heavy atom. The topological polar surface area (TPSA) is 64.7 Å². The van der Waals surface area contributed by atoms with Gasteiger partial charge in [0.25, 0.3) is 0 Å². The lowest BCUT2D eigenvalue weighted by Crippen LogP contribution is -2.37. The highest BCUT2D eigenvalue weighted by atomic mass is 19.1. The quantitative estimate of drug-likeness (QED) is 0.404. The van der Waals surface area contributed by atoms with Crippen LogP contribution in [0.2, 0.25) is 0 Å². The number of nitrogens with zero attached hydrogens (tertiary/aromatic N) is 2. The van der Waals surface area contributed by atoms with Crippen LogP contribution in [-0.4, -0.2) is 55.7 Å². The Kier molecular flexibility index (Phi) is 7.17. The van der Waals surface area contributed by atoms with Crippen molar-refractivity contribution in [1.82, 2.24) is 20.5 Å². The number of halogens is 1. The summed E-state index contributed by atoms with van der Waals surface area (Å²) in [6.07, 6.45) is 2.72. The normalized spacial score (nSPS) is 15.4. The number of hydrogen-bond acceptors (Lipinski definition) is 3. The van der Waals surface area contributed by atoms with Crippen molar-refractivity contribution < 1.29 is 9.13 Å². The van der Waals surface area contributed by atoms with Crippen molar-refractivity contribution >= 4 is 16.9 Å². The van der Waals surface area contributed by atoms with Crippen LogP contribution in [0.15, 0.2) is 53.7 Å². The number of benzene rings is 2. The summed E-state index contributed by atoms with van der Waals surface area (Å²) in [7, 11) is 1.77. The van der Waals surface area contributed by atoms with Crippen molar-refractivity contribution in [3.63, 3.8) is 0 Å². The molecule has 1 aromatic heterocycles. The van der Waals surface area contributed by atoms with Crippen LogP contribution >= 0.6 is 0 Å². The lowest BCUT2D eigenvalue weighted by atomic mass is 10.1. The first-order valence-corrected chi connectivity index (χ1v) is 10.8. The minimum atomic E-state index is -0.213. The molecular formula is C24H30FN5O. The molecule has 7 heteroatoms. The van der Waals surface area contributed by atoms with Crippen molar-refractivity contribution in [3.05, 3.63) is 71.2 Å². The lowest BCUT2D eigenvalue weighted by molar-refractivity contribution is 0.0342. The van der Waals surface area contributed by atoms with Gasteiger partial charge in [0.05, 0.1) is 13.2 Å². The molecule has 0 saturated carbocycles. The van der Waals surface area contributed by atoms with Crippen LogP contribution in [0.1, 0.15) is 16.7 Å². The number of guanidine groups is 1. The van der Waals surface area contributed by atoms with Crippen LogP contribution in [0.5, 0.6) is 0 Å². The molecule has 1 fully saturated rings. The van der Waals surface area contributed by atoms with E-state index in [2.05, 4.69) is 49.8 Å². The summed E-state index contributed by atoms with van der Waals surface area (Å²) in [5.74, 6) is 0.540. The molecule has 4 rings (SSSR count). The molecule has 0 radical (unpaired) electrons. The number of aliphatic imine (C=N–C) groups is 1. The fraction of sp³-hybridized carbons (Fsp3) is 0.375. The molecule has 2 aromatic carbocycles. The zero-order chi connectivity index (χ0) is 21.5. The third-order valence-electron chi connectivity index (χ3n) is 5.63. The van der Waals surface area contributed by atoms with E-state index in [-0.39, 0.29) is 5.82 Å². The Hall–Kier alpha value is -2.90. The summed E-state index contributed by atoms with van der Waals surface area (Å²) < 4.78 is 18.9. The molecule has 164 valence electrons. The van der Waals surface area contributed by atoms with Crippen LogP contribution in [-0.2, 0) is 24.2 Å². The molecular weight excluding hydrogens is 393 g/mol. The van der Waals surface area contributed by atoms with Crippen molar-refractivity contribution in [2.75, 3.05) is 39.9 Å². The molecule has 0 spiro atoms. The van der Waals surface area contributed by atoms with Gasteiger partial charge in [0.2, 0.25) is 0 Å². The van der Waals surface area contributed by atoms with Crippen molar-refractivity contribution in [3.8, 4) is 0 Å². The second-order valence-electron chi connectivity index (χ2n) is 7.81. The second-order valence-corrected chi connectivity index (χ2v) is 7.81. The van der Waals surface area contributed by atoms with E-state index in [0.717, 1.165) is 61.7 Å². The molecule has 6 nitrogen and oxygen atoms in total. The minimum absolute atomic E-state index is 0.213. The number of rotatable bonds is 7. The number of hydrogen-bond donors (Lipinski definition) is 3. The molecule has 2 heterocycles. The van der Waals surface area contributed by atoms with E-state index in [1.165, 1.54) is 17.2 Å². The van der Waals surface area contributed by atoms with Gasteiger partial charge in [-0.15, -0.1) is 0 Å². The molecule has 0 atom stereocenters. The fourth-order valence-corrected chi connectivity index (χ4v) is 3.86. The van der Waals surface area contributed by atoms with Crippen LogP contribution in [0.25, 0.3) is 10.9 Å². The predicted molar refractivity (Wildman–Crippen MR) is 123 cm³/mol. The molecule has 1 aliphatic rings. The van der Waals surface area contributed by atoms with E-state index in [0.29, 0.717) is 13.1 Å². The van der Waals surface area contributed by atoms with Gasteiger partial charge in [-0.25, -0.2) is 4.39 Å². The van der Waals surface area contributed by atoms with Crippen molar-refractivity contribution in [1.29, 1.82) is 0 Å². The van der Waals surface area contributed by atoms with Crippen LogP contribution in [0, 0.1) is 5.82 Å². The molecule has 0 amide bonds. The van der Waals surface area contributed by atoms with E-state index in [1.807, 2.05) is 6.20 Å². The van der Waals surface area contributed by atoms with Gasteiger partial charge in [0.1, 0.15) is 5.82 Å². The van der Waals surface area contributed by atoms with Crippen LogP contribution < -0.4 is 10.6 Å². The monoisotopic (exact) mass is 423 g/mol. The van der Waals surface area contributed by atoms with Gasteiger partial charge >= 0.3 is 0 Å². The average molecular weight is 424 g/mol. The summed E-state index contributed by atoms with van der Waals surface area (Å²) in [6.45, 7) is 6.03. The first kappa shape index (κ1) is 21.3. The summed E-state index contributed by atoms with van der Waals surface area (Å²) in [6, 6.07) is 13.5. The van der Waals surface area contributed by atoms with Crippen LogP contribution in [0.4, 0.5) is 4.39 Å². The third kappa shape index (κ3) is 5.83. The van der Waals surface area contributed by atoms with Gasteiger partial charge in [-0.3, -0.25) is 9.89 Å². The fourth-order valence-electron chi connectivity index (χ4n) is 3.86. The number of nitrogens with one attached hydrogen (secondary N) is 3. The highest BCUT2D eigenvalue weighted by Crippen LogP contribution is 2.19. The second kappa shape index (κ2) is 10.4. The Labute approximate surface area is 182 Å². The SMILES string of the molecule is CN=C(NCCc1c[nH]c2ccc(F)cc12)NCc1ccc(CN2CCOCC2)cc1. The van der Waals surface area contributed by atoms with Gasteiger partial charge in [-0.05, 0) is 41.3 Å². The number of morpholine rings is 1. The van der Waals surface area contributed by atoms with Crippen molar-refractivity contribution in [2.24, 2.45) is 4.99 Å². The first-order valence-electron chi connectivity index (χ1n) is 10.8. The minimum Gasteiger partial charge on any atom is -0.379 e. The van der Waals surface area contributed by atoms with Gasteiger partial charge in [-0.2, -0.15) is 0 Å². The number of fused-ring (bicyclic) bond motifs is 1. The summed E-state index contributed by atoms with van der Waals surface area (Å²) in [5, 5.41) is 7.62. The number of aromatic amines is 1. The largest absolute Gasteiger partial charge is 0.379 e. The zero-order valence-electron chi connectivity index (χ0n) is 18.0. The first-order chi connectivity index (χ1) is 15.2. The molecule has 3 aromatic rings. The highest BCUT2D eigenvalue weighted by molar-refractivity contribution is 5.83. The molecule has 1 saturated heterocycles. The zero-order valence-corrected chi connectivity index (χ0v) is 18.0. The summed E-state index contributed by atoms with van der Waals surface area (Å²) in [4.78, 5) is 9.92. The van der Waals surface area contributed by atoms with Gasteiger partial charge in [0.15, 0.2) is 5.96 Å². The number of aromatic nitrogens is 1. The summed E-state index contributed by atoms with van der Waals surface area (Å²) >= 11 is 0. The number of ether oxygens (including phenoxy) is 1. The van der Waals surface area contributed by atoms with Gasteiger partial charge in [0, 0.05) is 56.9 Å². The Balaban J connectivity index is 1.23. The number of H-pyrrole nitrogens is 1. The van der Waals surface area contributed by atoms with E-state index in [1.54, 1.807) is 19.2 Å². The summed E-state index contributed by atoms with van der Waals surface area (Å²) in [5.41, 5.74) is 4.58. The van der Waals surface area contributed by atoms with Gasteiger partial charge < -0.3 is 20.4 Å². The molecule has 0 unspecified atom stereocenters. The van der Waals surface area contributed by atoms with Crippen LogP contribution in [0.3, 0.4) is 0 Å². The smallest absolute Gasteiger partial charge is 0.191 e. The maximum atomic E-state index is 13.5. The Bertz CT molecular complexity index is 1010. The molecule has 0 bridgehead atoms. The van der Waals surface area contributed by atoms with Crippen molar-refractivity contribution in [2.45, 2.75) is 19.5 Å². The van der Waals surface area contributed by atoms with E-state index >= 15 is 0 Å². The van der Waals surface area contributed by atoms with E-state index in [4.69, 9.17) is 4.74 Å². The average Bonchev–Trinajstić information content (AvgIpc) is 3.20. The maximum Gasteiger partial charge on any atom is 0.191 e. The van der Waals surface area contributed by atoms with Gasteiger partial charge in [-0.1, -0.05) is 24.3 Å². The Morgan fingerprint density at radius 2 is 1.87 bits per heavy atom. The molecule has 3 N–H and O–H groups in total. The maximum absolute atomic E-state index is 13.5. The molecule has 1 aliphatic heterocycles.